The number of ketones is 2. The van der Waals surface area contributed by atoms with Crippen molar-refractivity contribution >= 4 is 27.5 Å². The van der Waals surface area contributed by atoms with Crippen molar-refractivity contribution in [2.75, 3.05) is 13.2 Å². The summed E-state index contributed by atoms with van der Waals surface area (Å²) < 4.78 is 11.5. The van der Waals surface area contributed by atoms with Crippen molar-refractivity contribution in [2.45, 2.75) is 26.6 Å². The van der Waals surface area contributed by atoms with Gasteiger partial charge in [-0.2, -0.15) is 0 Å². The van der Waals surface area contributed by atoms with Crippen LogP contribution in [0.3, 0.4) is 0 Å². The van der Waals surface area contributed by atoms with Gasteiger partial charge in [-0.1, -0.05) is 28.1 Å². The standard InChI is InChI=1S/C15H17BrO4/c1-3-19-15(20-4-2)14(18)11-8-10-9(13(11)17)6-5-7-12(10)16/h5-7,11,15H,3-4,8H2,1-2H3. The van der Waals surface area contributed by atoms with Crippen LogP contribution in [0.25, 0.3) is 0 Å². The Hall–Kier alpha value is -1.04. The maximum absolute atomic E-state index is 12.4. The Morgan fingerprint density at radius 3 is 2.55 bits per heavy atom. The molecule has 0 bridgehead atoms. The van der Waals surface area contributed by atoms with Crippen LogP contribution in [0.2, 0.25) is 0 Å². The van der Waals surface area contributed by atoms with Crippen molar-refractivity contribution in [3.8, 4) is 0 Å². The lowest BCUT2D eigenvalue weighted by molar-refractivity contribution is -0.170. The van der Waals surface area contributed by atoms with E-state index in [-0.39, 0.29) is 11.6 Å². The van der Waals surface area contributed by atoms with Crippen LogP contribution in [0.5, 0.6) is 0 Å². The third-order valence-electron chi connectivity index (χ3n) is 3.32. The lowest BCUT2D eigenvalue weighted by Crippen LogP contribution is -2.35. The normalized spacial score (nSPS) is 17.6. The molecule has 0 amide bonds. The molecule has 1 aliphatic rings. The Morgan fingerprint density at radius 2 is 2.00 bits per heavy atom. The van der Waals surface area contributed by atoms with Crippen LogP contribution in [0.15, 0.2) is 22.7 Å². The van der Waals surface area contributed by atoms with Crippen molar-refractivity contribution < 1.29 is 19.1 Å². The molecule has 1 aromatic rings. The summed E-state index contributed by atoms with van der Waals surface area (Å²) in [6, 6.07) is 5.43. The average Bonchev–Trinajstić information content (AvgIpc) is 2.77. The molecule has 0 radical (unpaired) electrons. The maximum Gasteiger partial charge on any atom is 0.218 e. The summed E-state index contributed by atoms with van der Waals surface area (Å²) in [7, 11) is 0. The molecule has 0 fully saturated rings. The number of benzene rings is 1. The zero-order chi connectivity index (χ0) is 14.7. The summed E-state index contributed by atoms with van der Waals surface area (Å²) in [4.78, 5) is 24.8. The number of carbonyl (C=O) groups is 2. The van der Waals surface area contributed by atoms with Gasteiger partial charge >= 0.3 is 0 Å². The number of carbonyl (C=O) groups excluding carboxylic acids is 2. The van der Waals surface area contributed by atoms with E-state index in [1.54, 1.807) is 26.0 Å². The van der Waals surface area contributed by atoms with E-state index >= 15 is 0 Å². The highest BCUT2D eigenvalue weighted by molar-refractivity contribution is 9.10. The highest BCUT2D eigenvalue weighted by Gasteiger charge is 2.40. The Labute approximate surface area is 126 Å². The monoisotopic (exact) mass is 340 g/mol. The van der Waals surface area contributed by atoms with E-state index in [4.69, 9.17) is 9.47 Å². The van der Waals surface area contributed by atoms with Crippen molar-refractivity contribution in [1.82, 2.24) is 0 Å². The lowest BCUT2D eigenvalue weighted by atomic mass is 9.99. The molecule has 0 saturated carbocycles. The molecule has 0 aliphatic heterocycles. The lowest BCUT2D eigenvalue weighted by Gasteiger charge is -2.18. The average molecular weight is 341 g/mol. The van der Waals surface area contributed by atoms with Gasteiger partial charge in [-0.3, -0.25) is 9.59 Å². The van der Waals surface area contributed by atoms with Crippen LogP contribution in [0.1, 0.15) is 29.8 Å². The van der Waals surface area contributed by atoms with Crippen molar-refractivity contribution in [1.29, 1.82) is 0 Å². The summed E-state index contributed by atoms with van der Waals surface area (Å²) in [6.45, 7) is 4.32. The van der Waals surface area contributed by atoms with Gasteiger partial charge in [-0.25, -0.2) is 0 Å². The second-order valence-corrected chi connectivity index (χ2v) is 5.39. The predicted molar refractivity (Wildman–Crippen MR) is 77.7 cm³/mol. The molecule has 1 aromatic carbocycles. The number of halogens is 1. The van der Waals surface area contributed by atoms with E-state index in [1.807, 2.05) is 6.07 Å². The molecule has 108 valence electrons. The molecule has 5 heteroatoms. The van der Waals surface area contributed by atoms with E-state index in [1.165, 1.54) is 0 Å². The van der Waals surface area contributed by atoms with Crippen molar-refractivity contribution in [2.24, 2.45) is 5.92 Å². The second kappa shape index (κ2) is 6.61. The minimum Gasteiger partial charge on any atom is -0.346 e. The van der Waals surface area contributed by atoms with E-state index in [0.29, 0.717) is 25.2 Å². The minimum atomic E-state index is -0.952. The summed E-state index contributed by atoms with van der Waals surface area (Å²) in [5.41, 5.74) is 1.51. The zero-order valence-electron chi connectivity index (χ0n) is 11.5. The minimum absolute atomic E-state index is 0.143. The van der Waals surface area contributed by atoms with E-state index in [9.17, 15) is 9.59 Å². The fourth-order valence-corrected chi connectivity index (χ4v) is 2.92. The Morgan fingerprint density at radius 1 is 1.35 bits per heavy atom. The van der Waals surface area contributed by atoms with Crippen LogP contribution in [-0.4, -0.2) is 31.1 Å². The van der Waals surface area contributed by atoms with Gasteiger partial charge in [0.25, 0.3) is 0 Å². The smallest absolute Gasteiger partial charge is 0.218 e. The number of fused-ring (bicyclic) bond motifs is 1. The molecule has 1 atom stereocenters. The molecule has 0 heterocycles. The first kappa shape index (κ1) is 15.4. The van der Waals surface area contributed by atoms with Gasteiger partial charge in [0.15, 0.2) is 11.6 Å². The highest BCUT2D eigenvalue weighted by atomic mass is 79.9. The Kier molecular flexibility index (Phi) is 5.07. The number of hydrogen-bond acceptors (Lipinski definition) is 4. The zero-order valence-corrected chi connectivity index (χ0v) is 13.1. The molecular formula is C15H17BrO4. The van der Waals surface area contributed by atoms with Gasteiger partial charge in [0, 0.05) is 23.2 Å². The molecule has 0 N–H and O–H groups in total. The molecular weight excluding hydrogens is 324 g/mol. The summed E-state index contributed by atoms with van der Waals surface area (Å²) in [5.74, 6) is -1.13. The quantitative estimate of drug-likeness (QED) is 0.590. The fraction of sp³-hybridized carbons (Fsp3) is 0.467. The van der Waals surface area contributed by atoms with Gasteiger partial charge in [-0.15, -0.1) is 0 Å². The molecule has 0 spiro atoms. The summed E-state index contributed by atoms with van der Waals surface area (Å²) in [5, 5.41) is 0. The third-order valence-corrected chi connectivity index (χ3v) is 4.06. The molecule has 0 saturated heterocycles. The molecule has 1 unspecified atom stereocenters. The Bertz CT molecular complexity index is 521. The first-order valence-corrected chi connectivity index (χ1v) is 7.48. The van der Waals surface area contributed by atoms with Crippen LogP contribution in [-0.2, 0) is 20.7 Å². The molecule has 0 aromatic heterocycles. The van der Waals surface area contributed by atoms with Gasteiger partial charge in [0.05, 0.1) is 5.92 Å². The molecule has 2 rings (SSSR count). The third kappa shape index (κ3) is 2.85. The van der Waals surface area contributed by atoms with Crippen LogP contribution < -0.4 is 0 Å². The van der Waals surface area contributed by atoms with Crippen molar-refractivity contribution in [3.05, 3.63) is 33.8 Å². The van der Waals surface area contributed by atoms with E-state index in [0.717, 1.165) is 10.0 Å². The highest BCUT2D eigenvalue weighted by Crippen LogP contribution is 2.33. The topological polar surface area (TPSA) is 52.6 Å². The number of hydrogen-bond donors (Lipinski definition) is 0. The van der Waals surface area contributed by atoms with Crippen LogP contribution in [0.4, 0.5) is 0 Å². The van der Waals surface area contributed by atoms with Gasteiger partial charge in [0.1, 0.15) is 0 Å². The van der Waals surface area contributed by atoms with Gasteiger partial charge < -0.3 is 9.47 Å². The molecule has 20 heavy (non-hydrogen) atoms. The summed E-state index contributed by atoms with van der Waals surface area (Å²) in [6.07, 6.45) is -0.544. The van der Waals surface area contributed by atoms with E-state index < -0.39 is 12.2 Å². The molecule has 1 aliphatic carbocycles. The Balaban J connectivity index is 2.21. The molecule has 4 nitrogen and oxygen atoms in total. The van der Waals surface area contributed by atoms with E-state index in [2.05, 4.69) is 15.9 Å². The fourth-order valence-electron chi connectivity index (χ4n) is 2.39. The largest absolute Gasteiger partial charge is 0.346 e. The van der Waals surface area contributed by atoms with Gasteiger partial charge in [-0.05, 0) is 31.9 Å². The van der Waals surface area contributed by atoms with Crippen LogP contribution in [0, 0.1) is 5.92 Å². The summed E-state index contributed by atoms with van der Waals surface area (Å²) >= 11 is 3.42. The first-order chi connectivity index (χ1) is 9.60. The van der Waals surface area contributed by atoms with Crippen molar-refractivity contribution in [3.63, 3.8) is 0 Å². The number of rotatable bonds is 6. The second-order valence-electron chi connectivity index (χ2n) is 4.53. The maximum atomic E-state index is 12.4. The number of Topliss-reactive ketones (excluding diaryl/α,β-unsaturated/α-hetero) is 2. The number of ether oxygens (including phenoxy) is 2. The van der Waals surface area contributed by atoms with Crippen LogP contribution >= 0.6 is 15.9 Å². The first-order valence-electron chi connectivity index (χ1n) is 6.68. The predicted octanol–water partition coefficient (Wildman–Crippen LogP) is 2.77. The van der Waals surface area contributed by atoms with Gasteiger partial charge in [0.2, 0.25) is 6.29 Å². The SMILES string of the molecule is CCOC(OCC)C(=O)C1Cc2c(Br)cccc2C1=O.